The number of halogens is 2. The fourth-order valence-corrected chi connectivity index (χ4v) is 3.68. The average molecular weight is 403 g/mol. The summed E-state index contributed by atoms with van der Waals surface area (Å²) in [5, 5.41) is 12.1. The van der Waals surface area contributed by atoms with Crippen molar-refractivity contribution in [3.8, 4) is 11.4 Å². The predicted octanol–water partition coefficient (Wildman–Crippen LogP) is 2.24. The molecule has 0 radical (unpaired) electrons. The van der Waals surface area contributed by atoms with Crippen molar-refractivity contribution in [3.63, 3.8) is 0 Å². The van der Waals surface area contributed by atoms with E-state index in [0.717, 1.165) is 29.9 Å². The van der Waals surface area contributed by atoms with Crippen molar-refractivity contribution < 1.29 is 9.18 Å². The minimum atomic E-state index is -0.329. The molecule has 1 aliphatic rings. The molecule has 28 heavy (non-hydrogen) atoms. The second-order valence-electron chi connectivity index (χ2n) is 6.80. The smallest absolute Gasteiger partial charge is 0.272 e. The molecule has 7 nitrogen and oxygen atoms in total. The van der Waals surface area contributed by atoms with Gasteiger partial charge in [-0.1, -0.05) is 23.7 Å². The molecule has 0 bridgehead atoms. The molecule has 9 heteroatoms. The van der Waals surface area contributed by atoms with Crippen LogP contribution in [0.5, 0.6) is 0 Å². The quantitative estimate of drug-likeness (QED) is 0.684. The molecule has 0 fully saturated rings. The molecular weight excluding hydrogens is 383 g/mol. The van der Waals surface area contributed by atoms with Gasteiger partial charge in [0.25, 0.3) is 5.91 Å². The van der Waals surface area contributed by atoms with E-state index in [1.807, 2.05) is 4.68 Å². The van der Waals surface area contributed by atoms with Gasteiger partial charge in [-0.05, 0) is 36.6 Å². The first-order valence-corrected chi connectivity index (χ1v) is 9.48. The third kappa shape index (κ3) is 3.65. The third-order valence-electron chi connectivity index (χ3n) is 4.78. The zero-order valence-electron chi connectivity index (χ0n) is 15.1. The molecule has 0 saturated carbocycles. The van der Waals surface area contributed by atoms with Crippen LogP contribution in [0.3, 0.4) is 0 Å². The van der Waals surface area contributed by atoms with Crippen molar-refractivity contribution in [1.29, 1.82) is 0 Å². The van der Waals surface area contributed by atoms with Crippen molar-refractivity contribution >= 4 is 17.5 Å². The lowest BCUT2D eigenvalue weighted by Crippen LogP contribution is -2.41. The first-order chi connectivity index (χ1) is 13.5. The lowest BCUT2D eigenvalue weighted by Gasteiger charge is -2.16. The van der Waals surface area contributed by atoms with E-state index in [9.17, 15) is 9.18 Å². The Hall–Kier alpha value is -2.71. The maximum absolute atomic E-state index is 13.4. The Labute approximate surface area is 166 Å². The Kier molecular flexibility index (Phi) is 5.15. The number of carbonyl (C=O) groups excluding carboxylic acids is 1. The first-order valence-electron chi connectivity index (χ1n) is 9.10. The van der Waals surface area contributed by atoms with Gasteiger partial charge in [-0.15, -0.1) is 0 Å². The van der Waals surface area contributed by atoms with Crippen molar-refractivity contribution in [1.82, 2.24) is 24.9 Å². The summed E-state index contributed by atoms with van der Waals surface area (Å²) >= 11 is 6.28. The summed E-state index contributed by atoms with van der Waals surface area (Å²) in [6.07, 6.45) is 2.88. The van der Waals surface area contributed by atoms with Crippen molar-refractivity contribution in [2.75, 3.05) is 6.54 Å². The van der Waals surface area contributed by atoms with Crippen molar-refractivity contribution in [3.05, 3.63) is 58.6 Å². The van der Waals surface area contributed by atoms with Gasteiger partial charge in [-0.2, -0.15) is 10.2 Å². The van der Waals surface area contributed by atoms with Crippen LogP contribution in [0, 0.1) is 5.82 Å². The summed E-state index contributed by atoms with van der Waals surface area (Å²) < 4.78 is 17.0. The van der Waals surface area contributed by atoms with E-state index in [1.165, 1.54) is 12.1 Å². The van der Waals surface area contributed by atoms with Gasteiger partial charge in [0.05, 0.1) is 16.9 Å². The molecule has 4 rings (SSSR count). The van der Waals surface area contributed by atoms with Crippen LogP contribution in [0.2, 0.25) is 5.02 Å². The normalized spacial score (nSPS) is 14.1. The SMILES string of the molecule is NC[C@H](Cc1cccc(F)c1)NC(=O)c1cc2n(n1)CCCn1ncc(Cl)c1-2. The molecule has 1 aliphatic heterocycles. The molecule has 0 spiro atoms. The number of rotatable bonds is 5. The summed E-state index contributed by atoms with van der Waals surface area (Å²) in [6.45, 7) is 1.65. The number of aromatic nitrogens is 4. The maximum Gasteiger partial charge on any atom is 0.272 e. The molecule has 146 valence electrons. The molecule has 3 N–H and O–H groups in total. The number of hydrogen-bond acceptors (Lipinski definition) is 4. The topological polar surface area (TPSA) is 90.8 Å². The monoisotopic (exact) mass is 402 g/mol. The van der Waals surface area contributed by atoms with Gasteiger partial charge < -0.3 is 11.1 Å². The van der Waals surface area contributed by atoms with Gasteiger partial charge in [0.2, 0.25) is 0 Å². The zero-order valence-corrected chi connectivity index (χ0v) is 15.9. The highest BCUT2D eigenvalue weighted by molar-refractivity contribution is 6.33. The van der Waals surface area contributed by atoms with Crippen molar-refractivity contribution in [2.24, 2.45) is 5.73 Å². The van der Waals surface area contributed by atoms with E-state index >= 15 is 0 Å². The molecule has 1 atom stereocenters. The van der Waals surface area contributed by atoms with Gasteiger partial charge in [-0.3, -0.25) is 14.2 Å². The largest absolute Gasteiger partial charge is 0.346 e. The molecule has 2 aromatic heterocycles. The number of carbonyl (C=O) groups is 1. The Morgan fingerprint density at radius 1 is 1.32 bits per heavy atom. The Bertz CT molecular complexity index is 1010. The number of nitrogens with one attached hydrogen (secondary N) is 1. The molecular formula is C19H20ClFN6O. The zero-order chi connectivity index (χ0) is 19.7. The van der Waals surface area contributed by atoms with Crippen molar-refractivity contribution in [2.45, 2.75) is 32.0 Å². The van der Waals surface area contributed by atoms with E-state index in [1.54, 1.807) is 29.1 Å². The van der Waals surface area contributed by atoms with Crippen LogP contribution in [-0.2, 0) is 19.5 Å². The summed E-state index contributed by atoms with van der Waals surface area (Å²) in [7, 11) is 0. The number of amides is 1. The third-order valence-corrected chi connectivity index (χ3v) is 5.06. The average Bonchev–Trinajstić information content (AvgIpc) is 3.20. The van der Waals surface area contributed by atoms with Crippen LogP contribution in [0.25, 0.3) is 11.4 Å². The van der Waals surface area contributed by atoms with Gasteiger partial charge in [0.1, 0.15) is 11.5 Å². The molecule has 0 aliphatic carbocycles. The molecule has 1 aromatic carbocycles. The number of fused-ring (bicyclic) bond motifs is 3. The number of hydrogen-bond donors (Lipinski definition) is 2. The van der Waals surface area contributed by atoms with Crippen LogP contribution in [-0.4, -0.2) is 38.1 Å². The van der Waals surface area contributed by atoms with Gasteiger partial charge >= 0.3 is 0 Å². The van der Waals surface area contributed by atoms with Crippen LogP contribution in [0.4, 0.5) is 4.39 Å². The molecule has 0 saturated heterocycles. The Morgan fingerprint density at radius 2 is 2.14 bits per heavy atom. The highest BCUT2D eigenvalue weighted by Gasteiger charge is 2.24. The van der Waals surface area contributed by atoms with E-state index in [0.29, 0.717) is 23.7 Å². The van der Waals surface area contributed by atoms with Crippen LogP contribution < -0.4 is 11.1 Å². The standard InChI is InChI=1S/C19H20ClFN6O/c20-15-11-23-27-6-2-5-26-17(18(15)27)9-16(25-26)19(28)24-14(10-22)8-12-3-1-4-13(21)7-12/h1,3-4,7,9,11,14H,2,5-6,8,10,22H2,(H,24,28)/t14-/m0/s1. The lowest BCUT2D eigenvalue weighted by atomic mass is 10.1. The fraction of sp³-hybridized carbons (Fsp3) is 0.316. The fourth-order valence-electron chi connectivity index (χ4n) is 3.45. The number of benzene rings is 1. The Balaban J connectivity index is 1.54. The summed E-state index contributed by atoms with van der Waals surface area (Å²) in [5.74, 6) is -0.638. The minimum Gasteiger partial charge on any atom is -0.346 e. The molecule has 0 unspecified atom stereocenters. The Morgan fingerprint density at radius 3 is 2.93 bits per heavy atom. The van der Waals surface area contributed by atoms with Gasteiger partial charge in [0.15, 0.2) is 5.69 Å². The van der Waals surface area contributed by atoms with E-state index in [2.05, 4.69) is 15.5 Å². The number of aryl methyl sites for hydroxylation is 2. The van der Waals surface area contributed by atoms with E-state index < -0.39 is 0 Å². The van der Waals surface area contributed by atoms with Crippen LogP contribution in [0.15, 0.2) is 36.5 Å². The highest BCUT2D eigenvalue weighted by Crippen LogP contribution is 2.30. The van der Waals surface area contributed by atoms with E-state index in [-0.39, 0.29) is 24.3 Å². The van der Waals surface area contributed by atoms with Crippen LogP contribution >= 0.6 is 11.6 Å². The van der Waals surface area contributed by atoms with E-state index in [4.69, 9.17) is 17.3 Å². The van der Waals surface area contributed by atoms with Crippen LogP contribution in [0.1, 0.15) is 22.5 Å². The molecule has 1 amide bonds. The second kappa shape index (κ2) is 7.73. The summed E-state index contributed by atoms with van der Waals surface area (Å²) in [6, 6.07) is 7.66. The second-order valence-corrected chi connectivity index (χ2v) is 7.20. The summed E-state index contributed by atoms with van der Waals surface area (Å²) in [5.41, 5.74) is 8.40. The maximum atomic E-state index is 13.4. The van der Waals surface area contributed by atoms with Gasteiger partial charge in [0, 0.05) is 25.7 Å². The lowest BCUT2D eigenvalue weighted by molar-refractivity contribution is 0.0932. The predicted molar refractivity (Wildman–Crippen MR) is 103 cm³/mol. The minimum absolute atomic E-state index is 0.231. The summed E-state index contributed by atoms with van der Waals surface area (Å²) in [4.78, 5) is 12.7. The molecule has 3 aromatic rings. The van der Waals surface area contributed by atoms with Gasteiger partial charge in [-0.25, -0.2) is 4.39 Å². The molecule has 3 heterocycles. The number of nitrogens with zero attached hydrogens (tertiary/aromatic N) is 4. The first kappa shape index (κ1) is 18.6. The highest BCUT2D eigenvalue weighted by atomic mass is 35.5. The number of nitrogens with two attached hydrogens (primary N) is 1.